The third kappa shape index (κ3) is 5.98. The first-order valence-electron chi connectivity index (χ1n) is 11.1. The van der Waals surface area contributed by atoms with Gasteiger partial charge in [-0.3, -0.25) is 9.59 Å². The van der Waals surface area contributed by atoms with E-state index < -0.39 is 29.0 Å². The van der Waals surface area contributed by atoms with E-state index in [1.807, 2.05) is 0 Å². The van der Waals surface area contributed by atoms with Gasteiger partial charge in [0.1, 0.15) is 5.15 Å². The second-order valence-corrected chi connectivity index (χ2v) is 8.62. The molecule has 2 heterocycles. The van der Waals surface area contributed by atoms with Crippen molar-refractivity contribution in [1.82, 2.24) is 24.9 Å². The number of alkyl halides is 6. The number of nitrogens with zero attached hydrogens (tertiary/aromatic N) is 4. The third-order valence-electron chi connectivity index (χ3n) is 5.61. The van der Waals surface area contributed by atoms with Crippen LogP contribution in [0.3, 0.4) is 0 Å². The molecule has 0 atom stereocenters. The van der Waals surface area contributed by atoms with Crippen LogP contribution < -0.4 is 10.9 Å². The maximum Gasteiger partial charge on any atom is 0.416 e. The van der Waals surface area contributed by atoms with Crippen molar-refractivity contribution in [2.45, 2.75) is 38.3 Å². The van der Waals surface area contributed by atoms with Crippen LogP contribution in [-0.2, 0) is 30.2 Å². The predicted octanol–water partition coefficient (Wildman–Crippen LogP) is 5.37. The molecule has 0 unspecified atom stereocenters. The SMILES string of the molecule is O=C(CCCn1ncc2c(Cl)n(-c3ccc(C(F)(F)F)cc3)nc2c1=O)NCc1ccc(C(F)(F)F)cc1. The molecule has 0 bridgehead atoms. The van der Waals surface area contributed by atoms with Gasteiger partial charge in [0.15, 0.2) is 5.52 Å². The number of fused-ring (bicyclic) bond motifs is 1. The average Bonchev–Trinajstić information content (AvgIpc) is 3.20. The molecule has 0 spiro atoms. The number of nitrogens with one attached hydrogen (secondary N) is 1. The van der Waals surface area contributed by atoms with Crippen molar-refractivity contribution in [3.05, 3.63) is 86.9 Å². The Bertz CT molecular complexity index is 1510. The number of halogens is 7. The summed E-state index contributed by atoms with van der Waals surface area (Å²) in [5.41, 5.74) is -1.56. The lowest BCUT2D eigenvalue weighted by Gasteiger charge is -2.09. The summed E-state index contributed by atoms with van der Waals surface area (Å²) >= 11 is 6.29. The summed E-state index contributed by atoms with van der Waals surface area (Å²) in [5.74, 6) is -0.367. The second-order valence-electron chi connectivity index (χ2n) is 8.26. The summed E-state index contributed by atoms with van der Waals surface area (Å²) < 4.78 is 78.6. The maximum atomic E-state index is 12.8. The van der Waals surface area contributed by atoms with E-state index in [4.69, 9.17) is 11.6 Å². The van der Waals surface area contributed by atoms with Gasteiger partial charge >= 0.3 is 12.4 Å². The molecular formula is C24H18ClF6N5O2. The number of benzene rings is 2. The Morgan fingerprint density at radius 2 is 1.50 bits per heavy atom. The monoisotopic (exact) mass is 557 g/mol. The summed E-state index contributed by atoms with van der Waals surface area (Å²) in [7, 11) is 0. The van der Waals surface area contributed by atoms with E-state index >= 15 is 0 Å². The van der Waals surface area contributed by atoms with Crippen molar-refractivity contribution >= 4 is 28.4 Å². The quantitative estimate of drug-likeness (QED) is 0.310. The molecule has 4 aromatic rings. The fourth-order valence-corrected chi connectivity index (χ4v) is 3.87. The van der Waals surface area contributed by atoms with Crippen molar-refractivity contribution in [3.8, 4) is 5.69 Å². The summed E-state index contributed by atoms with van der Waals surface area (Å²) in [5, 5.41) is 11.0. The predicted molar refractivity (Wildman–Crippen MR) is 126 cm³/mol. The van der Waals surface area contributed by atoms with E-state index in [0.717, 1.165) is 33.6 Å². The van der Waals surface area contributed by atoms with Gasteiger partial charge in [0.2, 0.25) is 5.91 Å². The molecule has 0 fully saturated rings. The number of amides is 1. The van der Waals surface area contributed by atoms with Crippen molar-refractivity contribution in [2.24, 2.45) is 0 Å². The van der Waals surface area contributed by atoms with Crippen LogP contribution in [0.4, 0.5) is 26.3 Å². The Morgan fingerprint density at radius 3 is 2.08 bits per heavy atom. The lowest BCUT2D eigenvalue weighted by atomic mass is 10.1. The van der Waals surface area contributed by atoms with Crippen molar-refractivity contribution in [2.75, 3.05) is 0 Å². The highest BCUT2D eigenvalue weighted by molar-refractivity contribution is 6.34. The Balaban J connectivity index is 1.38. The van der Waals surface area contributed by atoms with Gasteiger partial charge < -0.3 is 5.32 Å². The van der Waals surface area contributed by atoms with Gasteiger partial charge in [0.25, 0.3) is 5.56 Å². The van der Waals surface area contributed by atoms with E-state index in [1.54, 1.807) is 0 Å². The zero-order chi connectivity index (χ0) is 27.7. The molecular weight excluding hydrogens is 540 g/mol. The van der Waals surface area contributed by atoms with E-state index in [0.29, 0.717) is 5.56 Å². The summed E-state index contributed by atoms with van der Waals surface area (Å²) in [6.07, 6.45) is -7.40. The van der Waals surface area contributed by atoms with E-state index in [2.05, 4.69) is 15.5 Å². The van der Waals surface area contributed by atoms with E-state index in [-0.39, 0.29) is 53.6 Å². The van der Waals surface area contributed by atoms with Crippen molar-refractivity contribution in [1.29, 1.82) is 0 Å². The molecule has 0 radical (unpaired) electrons. The number of hydrogen-bond acceptors (Lipinski definition) is 4. The minimum Gasteiger partial charge on any atom is -0.352 e. The fourth-order valence-electron chi connectivity index (χ4n) is 3.60. The van der Waals surface area contributed by atoms with Gasteiger partial charge in [-0.25, -0.2) is 9.36 Å². The minimum atomic E-state index is -4.51. The molecule has 14 heteroatoms. The van der Waals surface area contributed by atoms with Crippen LogP contribution in [0.25, 0.3) is 16.6 Å². The molecule has 0 aliphatic heterocycles. The zero-order valence-electron chi connectivity index (χ0n) is 19.3. The number of aryl methyl sites for hydroxylation is 1. The van der Waals surface area contributed by atoms with Gasteiger partial charge in [-0.05, 0) is 48.4 Å². The third-order valence-corrected chi connectivity index (χ3v) is 5.97. The highest BCUT2D eigenvalue weighted by atomic mass is 35.5. The van der Waals surface area contributed by atoms with Crippen LogP contribution in [0.2, 0.25) is 5.15 Å². The summed E-state index contributed by atoms with van der Waals surface area (Å²) in [6, 6.07) is 8.51. The van der Waals surface area contributed by atoms with E-state index in [9.17, 15) is 35.9 Å². The van der Waals surface area contributed by atoms with Crippen LogP contribution in [-0.4, -0.2) is 25.5 Å². The number of carbonyl (C=O) groups excluding carboxylic acids is 1. The van der Waals surface area contributed by atoms with Crippen LogP contribution in [0.1, 0.15) is 29.5 Å². The average molecular weight is 558 g/mol. The largest absolute Gasteiger partial charge is 0.416 e. The van der Waals surface area contributed by atoms with Gasteiger partial charge in [-0.1, -0.05) is 23.7 Å². The highest BCUT2D eigenvalue weighted by Crippen LogP contribution is 2.31. The van der Waals surface area contributed by atoms with Gasteiger partial charge in [-0.15, -0.1) is 0 Å². The highest BCUT2D eigenvalue weighted by Gasteiger charge is 2.31. The molecule has 0 aliphatic rings. The first-order chi connectivity index (χ1) is 17.8. The first-order valence-corrected chi connectivity index (χ1v) is 11.5. The van der Waals surface area contributed by atoms with Gasteiger partial charge in [0, 0.05) is 19.5 Å². The Morgan fingerprint density at radius 1 is 0.921 bits per heavy atom. The molecule has 1 amide bonds. The maximum absolute atomic E-state index is 12.8. The van der Waals surface area contributed by atoms with Gasteiger partial charge in [-0.2, -0.15) is 36.5 Å². The normalized spacial score (nSPS) is 12.2. The molecule has 0 saturated carbocycles. The fraction of sp³-hybridized carbons (Fsp3) is 0.250. The molecule has 2 aromatic carbocycles. The molecule has 200 valence electrons. The van der Waals surface area contributed by atoms with Gasteiger partial charge in [0.05, 0.1) is 28.4 Å². The summed E-state index contributed by atoms with van der Waals surface area (Å²) in [4.78, 5) is 25.0. The standard InChI is InChI=1S/C24H18ClF6N5O2/c25-21-18-13-33-35(11-1-2-19(37)32-12-14-3-5-15(6-4-14)23(26,27)28)22(38)20(18)34-36(21)17-9-7-16(8-10-17)24(29,30)31/h3-10,13H,1-2,11-12H2,(H,32,37). The Kier molecular flexibility index (Phi) is 7.49. The Labute approximate surface area is 215 Å². The topological polar surface area (TPSA) is 81.8 Å². The lowest BCUT2D eigenvalue weighted by molar-refractivity contribution is -0.138. The van der Waals surface area contributed by atoms with E-state index in [1.165, 1.54) is 30.5 Å². The first kappa shape index (κ1) is 27.2. The number of carbonyl (C=O) groups is 1. The number of rotatable bonds is 7. The summed E-state index contributed by atoms with van der Waals surface area (Å²) in [6.45, 7) is 0.105. The van der Waals surface area contributed by atoms with Crippen LogP contribution >= 0.6 is 11.6 Å². The lowest BCUT2D eigenvalue weighted by Crippen LogP contribution is -2.26. The smallest absolute Gasteiger partial charge is 0.352 e. The number of aromatic nitrogens is 4. The van der Waals surface area contributed by atoms with Crippen LogP contribution in [0, 0.1) is 0 Å². The molecule has 2 aromatic heterocycles. The molecule has 38 heavy (non-hydrogen) atoms. The minimum absolute atomic E-state index is 0.000784. The molecule has 7 nitrogen and oxygen atoms in total. The molecule has 1 N–H and O–H groups in total. The van der Waals surface area contributed by atoms with Crippen LogP contribution in [0.5, 0.6) is 0 Å². The molecule has 0 saturated heterocycles. The second kappa shape index (κ2) is 10.5. The Hall–Kier alpha value is -3.87. The van der Waals surface area contributed by atoms with Crippen LogP contribution in [0.15, 0.2) is 59.5 Å². The van der Waals surface area contributed by atoms with Crippen molar-refractivity contribution < 1.29 is 31.1 Å². The molecule has 0 aliphatic carbocycles. The van der Waals surface area contributed by atoms with Crippen molar-refractivity contribution in [3.63, 3.8) is 0 Å². The molecule has 4 rings (SSSR count). The zero-order valence-corrected chi connectivity index (χ0v) is 20.0. The number of hydrogen-bond donors (Lipinski definition) is 1.